The third-order valence-electron chi connectivity index (χ3n) is 2.35. The van der Waals surface area contributed by atoms with Gasteiger partial charge >= 0.3 is 11.9 Å². The lowest BCUT2D eigenvalue weighted by Gasteiger charge is -2.30. The van der Waals surface area contributed by atoms with E-state index in [0.29, 0.717) is 5.56 Å². The van der Waals surface area contributed by atoms with E-state index in [4.69, 9.17) is 15.2 Å². The molecule has 1 aliphatic rings. The van der Waals surface area contributed by atoms with Crippen LogP contribution < -0.4 is 5.73 Å². The van der Waals surface area contributed by atoms with Gasteiger partial charge < -0.3 is 15.2 Å². The maximum atomic E-state index is 11.8. The normalized spacial score (nSPS) is 18.0. The van der Waals surface area contributed by atoms with Gasteiger partial charge in [-0.15, -0.1) is 0 Å². The first kappa shape index (κ1) is 12.1. The van der Waals surface area contributed by atoms with Crippen molar-refractivity contribution in [2.24, 2.45) is 5.73 Å². The summed E-state index contributed by atoms with van der Waals surface area (Å²) >= 11 is 0. The molecule has 2 N–H and O–H groups in total. The van der Waals surface area contributed by atoms with Gasteiger partial charge in [-0.2, -0.15) is 0 Å². The number of hydrogen-bond donors (Lipinski definition) is 1. The lowest BCUT2D eigenvalue weighted by Crippen LogP contribution is -2.42. The Morgan fingerprint density at radius 2 is 1.67 bits per heavy atom. The Morgan fingerprint density at radius 1 is 1.17 bits per heavy atom. The maximum absolute atomic E-state index is 11.8. The van der Waals surface area contributed by atoms with E-state index in [-0.39, 0.29) is 11.3 Å². The van der Waals surface area contributed by atoms with E-state index in [0.717, 1.165) is 0 Å². The summed E-state index contributed by atoms with van der Waals surface area (Å²) in [4.78, 5) is 27.3. The quantitative estimate of drug-likeness (QED) is 0.444. The minimum absolute atomic E-state index is 0.0166. The topological polar surface area (TPSA) is 91.5 Å². The Labute approximate surface area is 103 Å². The number of nitrogens with zero attached hydrogens (tertiary/aromatic N) is 1. The first-order valence-corrected chi connectivity index (χ1v) is 5.27. The summed E-state index contributed by atoms with van der Waals surface area (Å²) in [5.74, 6) is -2.84. The van der Waals surface area contributed by atoms with Crippen LogP contribution in [0.1, 0.15) is 19.4 Å². The zero-order valence-corrected chi connectivity index (χ0v) is 9.97. The van der Waals surface area contributed by atoms with Crippen LogP contribution in [-0.4, -0.2) is 22.7 Å². The average molecular weight is 248 g/mol. The third kappa shape index (κ3) is 2.17. The highest BCUT2D eigenvalue weighted by molar-refractivity contribution is 6.20. The lowest BCUT2D eigenvalue weighted by atomic mass is 10.1. The van der Waals surface area contributed by atoms with Crippen LogP contribution in [0.3, 0.4) is 0 Å². The second-order valence-electron chi connectivity index (χ2n) is 4.20. The van der Waals surface area contributed by atoms with E-state index in [9.17, 15) is 9.59 Å². The van der Waals surface area contributed by atoms with Crippen LogP contribution in [0.2, 0.25) is 0 Å². The molecule has 2 rings (SSSR count). The van der Waals surface area contributed by atoms with Crippen LogP contribution in [-0.2, 0) is 19.1 Å². The van der Waals surface area contributed by atoms with Crippen molar-refractivity contribution in [1.82, 2.24) is 4.98 Å². The highest BCUT2D eigenvalue weighted by Crippen LogP contribution is 2.26. The SMILES string of the molecule is CC1(C)OC(=O)C(=C(N)c2ccncc2)C(=O)O1. The fraction of sp³-hybridized carbons (Fsp3) is 0.250. The Morgan fingerprint density at radius 3 is 2.17 bits per heavy atom. The molecule has 1 aromatic rings. The predicted octanol–water partition coefficient (Wildman–Crippen LogP) is 0.588. The molecule has 0 saturated carbocycles. The summed E-state index contributed by atoms with van der Waals surface area (Å²) in [5, 5.41) is 0. The summed E-state index contributed by atoms with van der Waals surface area (Å²) in [7, 11) is 0. The fourth-order valence-electron chi connectivity index (χ4n) is 1.55. The maximum Gasteiger partial charge on any atom is 0.351 e. The van der Waals surface area contributed by atoms with Crippen molar-refractivity contribution in [2.75, 3.05) is 0 Å². The molecule has 18 heavy (non-hydrogen) atoms. The zero-order chi connectivity index (χ0) is 13.3. The number of carbonyl (C=O) groups excluding carboxylic acids is 2. The molecule has 0 radical (unpaired) electrons. The highest BCUT2D eigenvalue weighted by Gasteiger charge is 2.40. The molecule has 1 saturated heterocycles. The van der Waals surface area contributed by atoms with Crippen molar-refractivity contribution in [3.05, 3.63) is 35.7 Å². The van der Waals surface area contributed by atoms with Gasteiger partial charge in [-0.25, -0.2) is 9.59 Å². The van der Waals surface area contributed by atoms with Gasteiger partial charge in [0.15, 0.2) is 5.57 Å². The Balaban J connectivity index is 2.44. The molecule has 0 aromatic carbocycles. The molecule has 1 aromatic heterocycles. The van der Waals surface area contributed by atoms with Crippen LogP contribution in [0.25, 0.3) is 5.70 Å². The van der Waals surface area contributed by atoms with E-state index in [1.165, 1.54) is 26.2 Å². The summed E-state index contributed by atoms with van der Waals surface area (Å²) in [6, 6.07) is 3.17. The molecule has 1 fully saturated rings. The Hall–Kier alpha value is -2.37. The van der Waals surface area contributed by atoms with Crippen LogP contribution >= 0.6 is 0 Å². The number of nitrogens with two attached hydrogens (primary N) is 1. The zero-order valence-electron chi connectivity index (χ0n) is 9.97. The van der Waals surface area contributed by atoms with Gasteiger partial charge in [-0.05, 0) is 12.1 Å². The van der Waals surface area contributed by atoms with E-state index >= 15 is 0 Å². The van der Waals surface area contributed by atoms with Crippen molar-refractivity contribution in [3.8, 4) is 0 Å². The molecule has 0 bridgehead atoms. The molecule has 1 aliphatic heterocycles. The summed E-state index contributed by atoms with van der Waals surface area (Å²) in [6.07, 6.45) is 3.01. The van der Waals surface area contributed by atoms with Crippen LogP contribution in [0.15, 0.2) is 30.1 Å². The van der Waals surface area contributed by atoms with Gasteiger partial charge in [0.1, 0.15) is 0 Å². The number of pyridine rings is 1. The predicted molar refractivity (Wildman–Crippen MR) is 61.6 cm³/mol. The molecule has 2 heterocycles. The van der Waals surface area contributed by atoms with Gasteiger partial charge in [0.2, 0.25) is 0 Å². The van der Waals surface area contributed by atoms with E-state index in [1.807, 2.05) is 0 Å². The molecule has 0 atom stereocenters. The number of ether oxygens (including phenoxy) is 2. The second-order valence-corrected chi connectivity index (χ2v) is 4.20. The Bertz CT molecular complexity index is 512. The van der Waals surface area contributed by atoms with Crippen molar-refractivity contribution < 1.29 is 19.1 Å². The fourth-order valence-corrected chi connectivity index (χ4v) is 1.55. The van der Waals surface area contributed by atoms with Gasteiger partial charge in [-0.1, -0.05) is 0 Å². The van der Waals surface area contributed by atoms with Crippen LogP contribution in [0, 0.1) is 0 Å². The first-order valence-electron chi connectivity index (χ1n) is 5.27. The molecule has 0 unspecified atom stereocenters. The molecular formula is C12H12N2O4. The van der Waals surface area contributed by atoms with E-state index in [2.05, 4.69) is 4.98 Å². The minimum Gasteiger partial charge on any atom is -0.419 e. The summed E-state index contributed by atoms with van der Waals surface area (Å²) in [6.45, 7) is 2.95. The van der Waals surface area contributed by atoms with Gasteiger partial charge in [0.25, 0.3) is 5.79 Å². The Kier molecular flexibility index (Phi) is 2.78. The molecule has 6 nitrogen and oxygen atoms in total. The van der Waals surface area contributed by atoms with Crippen LogP contribution in [0.5, 0.6) is 0 Å². The van der Waals surface area contributed by atoms with Gasteiger partial charge in [0, 0.05) is 31.8 Å². The largest absolute Gasteiger partial charge is 0.419 e. The molecule has 0 amide bonds. The average Bonchev–Trinajstić information content (AvgIpc) is 2.27. The third-order valence-corrected chi connectivity index (χ3v) is 2.35. The molecular weight excluding hydrogens is 236 g/mol. The van der Waals surface area contributed by atoms with E-state index < -0.39 is 17.7 Å². The standard InChI is InChI=1S/C12H12N2O4/c1-12(2)17-10(15)8(11(16)18-12)9(13)7-3-5-14-6-4-7/h3-6H,13H2,1-2H3. The minimum atomic E-state index is -1.27. The lowest BCUT2D eigenvalue weighted by molar-refractivity contribution is -0.222. The van der Waals surface area contributed by atoms with Gasteiger partial charge in [-0.3, -0.25) is 4.98 Å². The molecule has 0 aliphatic carbocycles. The van der Waals surface area contributed by atoms with E-state index in [1.54, 1.807) is 12.1 Å². The van der Waals surface area contributed by atoms with Crippen LogP contribution in [0.4, 0.5) is 0 Å². The van der Waals surface area contributed by atoms with Crippen molar-refractivity contribution in [3.63, 3.8) is 0 Å². The second kappa shape index (κ2) is 4.14. The number of rotatable bonds is 1. The number of carbonyl (C=O) groups is 2. The van der Waals surface area contributed by atoms with Gasteiger partial charge in [0.05, 0.1) is 5.70 Å². The van der Waals surface area contributed by atoms with Crippen molar-refractivity contribution in [2.45, 2.75) is 19.6 Å². The smallest absolute Gasteiger partial charge is 0.351 e. The number of aromatic nitrogens is 1. The number of esters is 2. The molecule has 94 valence electrons. The summed E-state index contributed by atoms with van der Waals surface area (Å²) in [5.41, 5.74) is 6.02. The van der Waals surface area contributed by atoms with Crippen molar-refractivity contribution in [1.29, 1.82) is 0 Å². The number of cyclic esters (lactones) is 2. The first-order chi connectivity index (χ1) is 8.41. The molecule has 6 heteroatoms. The number of hydrogen-bond acceptors (Lipinski definition) is 6. The monoisotopic (exact) mass is 248 g/mol. The van der Waals surface area contributed by atoms with Crippen molar-refractivity contribution >= 4 is 17.6 Å². The highest BCUT2D eigenvalue weighted by atomic mass is 16.7. The summed E-state index contributed by atoms with van der Waals surface area (Å²) < 4.78 is 9.93. The molecule has 0 spiro atoms.